The topological polar surface area (TPSA) is 38.0 Å². The van der Waals surface area contributed by atoms with Gasteiger partial charge in [-0.1, -0.05) is 18.7 Å². The van der Waals surface area contributed by atoms with Gasteiger partial charge in [0.25, 0.3) is 0 Å². The van der Waals surface area contributed by atoms with Crippen LogP contribution >= 0.6 is 0 Å². The highest BCUT2D eigenvalue weighted by Gasteiger charge is 1.86. The van der Waals surface area contributed by atoms with Crippen LogP contribution in [0.2, 0.25) is 0 Å². The van der Waals surface area contributed by atoms with Crippen LogP contribution in [0, 0.1) is 0 Å². The Hall–Kier alpha value is -1.18. The highest BCUT2D eigenvalue weighted by atomic mass is 14.9. The Balaban J connectivity index is 3.68. The standard InChI is InChI=1S/C9H16N2/c1-4-5-6-9(10)7-11-8(2)3/h4-6,11H,2,7,10H2,1,3H3/b5-4-,9-6+. The number of hydrogen-bond acceptors (Lipinski definition) is 2. The van der Waals surface area contributed by atoms with Crippen molar-refractivity contribution in [1.82, 2.24) is 5.32 Å². The molecule has 3 N–H and O–H groups in total. The lowest BCUT2D eigenvalue weighted by molar-refractivity contribution is 0.866. The van der Waals surface area contributed by atoms with Crippen LogP contribution in [-0.2, 0) is 0 Å². The van der Waals surface area contributed by atoms with Crippen molar-refractivity contribution in [1.29, 1.82) is 0 Å². The summed E-state index contributed by atoms with van der Waals surface area (Å²) in [6, 6.07) is 0. The van der Waals surface area contributed by atoms with Crippen molar-refractivity contribution in [2.75, 3.05) is 6.54 Å². The van der Waals surface area contributed by atoms with Gasteiger partial charge < -0.3 is 11.1 Å². The Kier molecular flexibility index (Phi) is 4.99. The summed E-state index contributed by atoms with van der Waals surface area (Å²) in [4.78, 5) is 0. The SMILES string of the molecule is C=C(C)NC/C(N)=C\C=C/C. The largest absolute Gasteiger partial charge is 0.401 e. The minimum atomic E-state index is 0.666. The highest BCUT2D eigenvalue weighted by molar-refractivity contribution is 5.11. The zero-order valence-corrected chi connectivity index (χ0v) is 7.22. The van der Waals surface area contributed by atoms with E-state index in [2.05, 4.69) is 11.9 Å². The van der Waals surface area contributed by atoms with Crippen LogP contribution in [0.5, 0.6) is 0 Å². The highest BCUT2D eigenvalue weighted by Crippen LogP contribution is 1.85. The molecule has 11 heavy (non-hydrogen) atoms. The summed E-state index contributed by atoms with van der Waals surface area (Å²) < 4.78 is 0. The van der Waals surface area contributed by atoms with Crippen molar-refractivity contribution in [3.05, 3.63) is 36.2 Å². The number of nitrogens with two attached hydrogens (primary N) is 1. The third-order valence-corrected chi connectivity index (χ3v) is 1.10. The minimum absolute atomic E-state index is 0.666. The van der Waals surface area contributed by atoms with Crippen molar-refractivity contribution in [3.63, 3.8) is 0 Å². The maximum absolute atomic E-state index is 5.61. The van der Waals surface area contributed by atoms with E-state index in [1.807, 2.05) is 32.1 Å². The Bertz CT molecular complexity index is 178. The maximum Gasteiger partial charge on any atom is 0.0542 e. The van der Waals surface area contributed by atoms with E-state index in [9.17, 15) is 0 Å². The zero-order valence-electron chi connectivity index (χ0n) is 7.22. The molecule has 0 aliphatic carbocycles. The molecule has 0 aromatic rings. The van der Waals surface area contributed by atoms with E-state index in [0.29, 0.717) is 6.54 Å². The van der Waals surface area contributed by atoms with Gasteiger partial charge in [0, 0.05) is 11.4 Å². The van der Waals surface area contributed by atoms with Gasteiger partial charge in [-0.3, -0.25) is 0 Å². The molecule has 0 amide bonds. The van der Waals surface area contributed by atoms with Gasteiger partial charge in [-0.25, -0.2) is 0 Å². The quantitative estimate of drug-likeness (QED) is 0.599. The van der Waals surface area contributed by atoms with Gasteiger partial charge in [0.15, 0.2) is 0 Å². The molecule has 0 saturated heterocycles. The normalized spacial score (nSPS) is 12.0. The second-order valence-electron chi connectivity index (χ2n) is 2.40. The first-order valence-electron chi connectivity index (χ1n) is 3.63. The van der Waals surface area contributed by atoms with Crippen molar-refractivity contribution < 1.29 is 0 Å². The molecule has 0 radical (unpaired) electrons. The van der Waals surface area contributed by atoms with E-state index in [1.165, 1.54) is 0 Å². The van der Waals surface area contributed by atoms with Gasteiger partial charge in [-0.2, -0.15) is 0 Å². The minimum Gasteiger partial charge on any atom is -0.401 e. The first-order valence-corrected chi connectivity index (χ1v) is 3.63. The lowest BCUT2D eigenvalue weighted by Gasteiger charge is -2.03. The van der Waals surface area contributed by atoms with Crippen molar-refractivity contribution in [2.45, 2.75) is 13.8 Å². The molecule has 0 heterocycles. The third-order valence-electron chi connectivity index (χ3n) is 1.10. The van der Waals surface area contributed by atoms with Crippen molar-refractivity contribution in [3.8, 4) is 0 Å². The van der Waals surface area contributed by atoms with E-state index in [0.717, 1.165) is 11.4 Å². The molecular weight excluding hydrogens is 136 g/mol. The summed E-state index contributed by atoms with van der Waals surface area (Å²) >= 11 is 0. The summed E-state index contributed by atoms with van der Waals surface area (Å²) in [6.45, 7) is 8.22. The molecular formula is C9H16N2. The van der Waals surface area contributed by atoms with Crippen LogP contribution in [0.15, 0.2) is 36.2 Å². The predicted molar refractivity (Wildman–Crippen MR) is 49.9 cm³/mol. The predicted octanol–water partition coefficient (Wildman–Crippen LogP) is 1.53. The van der Waals surface area contributed by atoms with Gasteiger partial charge in [0.2, 0.25) is 0 Å². The smallest absolute Gasteiger partial charge is 0.0542 e. The van der Waals surface area contributed by atoms with E-state index in [-0.39, 0.29) is 0 Å². The molecule has 2 nitrogen and oxygen atoms in total. The van der Waals surface area contributed by atoms with Crippen molar-refractivity contribution in [2.24, 2.45) is 5.73 Å². The van der Waals surface area contributed by atoms with Gasteiger partial charge in [-0.15, -0.1) is 0 Å². The summed E-state index contributed by atoms with van der Waals surface area (Å²) in [6.07, 6.45) is 5.72. The number of hydrogen-bond donors (Lipinski definition) is 2. The Labute approximate surface area is 68.5 Å². The summed E-state index contributed by atoms with van der Waals surface area (Å²) in [7, 11) is 0. The Morgan fingerprint density at radius 3 is 2.73 bits per heavy atom. The number of allylic oxidation sites excluding steroid dienone is 4. The lowest BCUT2D eigenvalue weighted by Crippen LogP contribution is -2.18. The molecule has 0 spiro atoms. The van der Waals surface area contributed by atoms with E-state index < -0.39 is 0 Å². The van der Waals surface area contributed by atoms with Crippen LogP contribution in [0.1, 0.15) is 13.8 Å². The molecule has 0 aromatic carbocycles. The third kappa shape index (κ3) is 6.71. The molecule has 2 heteroatoms. The summed E-state index contributed by atoms with van der Waals surface area (Å²) in [5.74, 6) is 0. The fourth-order valence-electron chi connectivity index (χ4n) is 0.532. The zero-order chi connectivity index (χ0) is 8.69. The molecule has 0 aromatic heterocycles. The summed E-state index contributed by atoms with van der Waals surface area (Å²) in [5, 5.41) is 3.03. The fraction of sp³-hybridized carbons (Fsp3) is 0.333. The molecule has 62 valence electrons. The molecule has 0 aliphatic heterocycles. The van der Waals surface area contributed by atoms with Gasteiger partial charge in [-0.05, 0) is 19.9 Å². The molecule has 0 unspecified atom stereocenters. The number of nitrogens with one attached hydrogen (secondary N) is 1. The second-order valence-corrected chi connectivity index (χ2v) is 2.40. The van der Waals surface area contributed by atoms with E-state index in [4.69, 9.17) is 5.73 Å². The molecule has 0 bridgehead atoms. The first kappa shape index (κ1) is 9.82. The van der Waals surface area contributed by atoms with Crippen molar-refractivity contribution >= 4 is 0 Å². The molecule has 0 fully saturated rings. The molecule has 0 aliphatic rings. The molecule has 0 rings (SSSR count). The first-order chi connectivity index (χ1) is 5.16. The van der Waals surface area contributed by atoms with E-state index >= 15 is 0 Å². The van der Waals surface area contributed by atoms with Crippen LogP contribution in [-0.4, -0.2) is 6.54 Å². The number of rotatable bonds is 4. The Morgan fingerprint density at radius 1 is 1.64 bits per heavy atom. The van der Waals surface area contributed by atoms with Gasteiger partial charge in [0.05, 0.1) is 6.54 Å². The molecule has 0 atom stereocenters. The second kappa shape index (κ2) is 5.59. The summed E-state index contributed by atoms with van der Waals surface area (Å²) in [5.41, 5.74) is 7.36. The molecule has 0 saturated carbocycles. The Morgan fingerprint density at radius 2 is 2.27 bits per heavy atom. The monoisotopic (exact) mass is 152 g/mol. The van der Waals surface area contributed by atoms with E-state index in [1.54, 1.807) is 0 Å². The van der Waals surface area contributed by atoms with Crippen LogP contribution in [0.3, 0.4) is 0 Å². The van der Waals surface area contributed by atoms with Crippen LogP contribution in [0.25, 0.3) is 0 Å². The van der Waals surface area contributed by atoms with Gasteiger partial charge >= 0.3 is 0 Å². The van der Waals surface area contributed by atoms with Crippen LogP contribution in [0.4, 0.5) is 0 Å². The average Bonchev–Trinajstić information content (AvgIpc) is 1.97. The van der Waals surface area contributed by atoms with Gasteiger partial charge in [0.1, 0.15) is 0 Å². The maximum atomic E-state index is 5.61. The fourth-order valence-corrected chi connectivity index (χ4v) is 0.532. The average molecular weight is 152 g/mol. The lowest BCUT2D eigenvalue weighted by atomic mass is 10.3. The van der Waals surface area contributed by atoms with Crippen LogP contribution < -0.4 is 11.1 Å².